The van der Waals surface area contributed by atoms with Crippen LogP contribution in [-0.2, 0) is 32.0 Å². The number of rotatable bonds is 16. The quantitative estimate of drug-likeness (QED) is 0.265. The van der Waals surface area contributed by atoms with Crippen molar-refractivity contribution in [3.63, 3.8) is 0 Å². The molecule has 0 saturated carbocycles. The van der Waals surface area contributed by atoms with Crippen LogP contribution in [0, 0.1) is 0 Å². The predicted molar refractivity (Wildman–Crippen MR) is 135 cm³/mol. The highest BCUT2D eigenvalue weighted by atomic mass is 16.5. The largest absolute Gasteiger partial charge is 0.493 e. The molecular weight excluding hydrogens is 482 g/mol. The molecule has 0 radical (unpaired) electrons. The zero-order valence-electron chi connectivity index (χ0n) is 22.0. The van der Waals surface area contributed by atoms with Crippen molar-refractivity contribution in [1.82, 2.24) is 15.1 Å². The Morgan fingerprint density at radius 3 is 2.43 bits per heavy atom. The lowest BCUT2D eigenvalue weighted by Crippen LogP contribution is -2.48. The number of amides is 3. The predicted octanol–water partition coefficient (Wildman–Crippen LogP) is 2.48. The first-order valence-corrected chi connectivity index (χ1v) is 12.1. The van der Waals surface area contributed by atoms with Crippen molar-refractivity contribution in [2.24, 2.45) is 0 Å². The molecule has 2 rings (SSSR count). The van der Waals surface area contributed by atoms with Gasteiger partial charge in [0, 0.05) is 26.8 Å². The van der Waals surface area contributed by atoms with Gasteiger partial charge >= 0.3 is 12.0 Å². The maximum Gasteiger partial charge on any atom is 0.325 e. The summed E-state index contributed by atoms with van der Waals surface area (Å²) in [5.74, 6) is 1.04. The molecule has 0 aliphatic carbocycles. The molecule has 11 heteroatoms. The Morgan fingerprint density at radius 1 is 1.00 bits per heavy atom. The SMILES string of the molecule is CCOC(=O)CNC(=O)N(CCCOC)CC(=O)N(CCc1ccc(OC)c(OC)c1)Cc1ccco1. The van der Waals surface area contributed by atoms with Crippen LogP contribution in [0.5, 0.6) is 11.5 Å². The number of carbonyl (C=O) groups excluding carboxylic acids is 3. The first-order chi connectivity index (χ1) is 17.9. The molecule has 204 valence electrons. The van der Waals surface area contributed by atoms with E-state index in [9.17, 15) is 14.4 Å². The first-order valence-electron chi connectivity index (χ1n) is 12.1. The van der Waals surface area contributed by atoms with E-state index >= 15 is 0 Å². The van der Waals surface area contributed by atoms with Crippen molar-refractivity contribution in [3.05, 3.63) is 47.9 Å². The van der Waals surface area contributed by atoms with Crippen LogP contribution in [0.4, 0.5) is 4.79 Å². The van der Waals surface area contributed by atoms with Crippen molar-refractivity contribution >= 4 is 17.9 Å². The summed E-state index contributed by atoms with van der Waals surface area (Å²) in [4.78, 5) is 40.9. The van der Waals surface area contributed by atoms with E-state index in [-0.39, 0.29) is 38.7 Å². The molecule has 1 heterocycles. The molecule has 2 aromatic rings. The molecular formula is C26H37N3O8. The van der Waals surface area contributed by atoms with Gasteiger partial charge in [-0.25, -0.2) is 4.79 Å². The highest BCUT2D eigenvalue weighted by molar-refractivity contribution is 5.86. The number of nitrogens with one attached hydrogen (secondary N) is 1. The number of hydrogen-bond acceptors (Lipinski definition) is 8. The van der Waals surface area contributed by atoms with Gasteiger partial charge in [-0.1, -0.05) is 6.07 Å². The molecule has 0 bridgehead atoms. The Labute approximate surface area is 217 Å². The van der Waals surface area contributed by atoms with Crippen molar-refractivity contribution in [2.75, 3.05) is 60.7 Å². The molecule has 0 fully saturated rings. The van der Waals surface area contributed by atoms with E-state index in [1.54, 1.807) is 51.5 Å². The molecule has 0 unspecified atom stereocenters. The van der Waals surface area contributed by atoms with Crippen molar-refractivity contribution in [2.45, 2.75) is 26.3 Å². The third-order valence-electron chi connectivity index (χ3n) is 5.48. The van der Waals surface area contributed by atoms with Crippen LogP contribution in [0.25, 0.3) is 0 Å². The maximum absolute atomic E-state index is 13.4. The molecule has 0 aliphatic rings. The van der Waals surface area contributed by atoms with Gasteiger partial charge in [0.2, 0.25) is 5.91 Å². The summed E-state index contributed by atoms with van der Waals surface area (Å²) >= 11 is 0. The molecule has 3 amide bonds. The van der Waals surface area contributed by atoms with E-state index < -0.39 is 12.0 Å². The highest BCUT2D eigenvalue weighted by Gasteiger charge is 2.23. The first kappa shape index (κ1) is 29.5. The fraction of sp³-hybridized carbons (Fsp3) is 0.500. The second-order valence-electron chi connectivity index (χ2n) is 8.07. The number of methoxy groups -OCH3 is 3. The van der Waals surface area contributed by atoms with Crippen molar-refractivity contribution in [3.8, 4) is 11.5 Å². The summed E-state index contributed by atoms with van der Waals surface area (Å²) in [5, 5.41) is 2.52. The number of esters is 1. The van der Waals surface area contributed by atoms with Gasteiger partial charge < -0.3 is 38.5 Å². The van der Waals surface area contributed by atoms with E-state index in [0.717, 1.165) is 5.56 Å². The number of ether oxygens (including phenoxy) is 4. The maximum atomic E-state index is 13.4. The summed E-state index contributed by atoms with van der Waals surface area (Å²) in [5.41, 5.74) is 0.957. The lowest BCUT2D eigenvalue weighted by atomic mass is 10.1. The standard InChI is InChI=1S/C26H37N3O8/c1-5-36-25(31)17-27-26(32)29(12-7-14-33-2)19-24(30)28(18-21-8-6-15-37-21)13-11-20-9-10-22(34-3)23(16-20)35-4/h6,8-10,15-16H,5,7,11-14,17-19H2,1-4H3,(H,27,32). The molecule has 1 N–H and O–H groups in total. The summed E-state index contributed by atoms with van der Waals surface area (Å²) in [6.07, 6.45) is 2.62. The number of furan rings is 1. The van der Waals surface area contributed by atoms with E-state index in [2.05, 4.69) is 5.32 Å². The summed E-state index contributed by atoms with van der Waals surface area (Å²) < 4.78 is 26.1. The van der Waals surface area contributed by atoms with Crippen molar-refractivity contribution < 1.29 is 37.7 Å². The molecule has 1 aromatic carbocycles. The van der Waals surface area contributed by atoms with Gasteiger partial charge in [-0.3, -0.25) is 9.59 Å². The summed E-state index contributed by atoms with van der Waals surface area (Å²) in [6, 6.07) is 8.62. The molecule has 37 heavy (non-hydrogen) atoms. The number of nitrogens with zero attached hydrogens (tertiary/aromatic N) is 2. The Balaban J connectivity index is 2.12. The van der Waals surface area contributed by atoms with E-state index in [0.29, 0.717) is 43.3 Å². The van der Waals surface area contributed by atoms with Gasteiger partial charge in [-0.2, -0.15) is 0 Å². The fourth-order valence-corrected chi connectivity index (χ4v) is 3.57. The summed E-state index contributed by atoms with van der Waals surface area (Å²) in [7, 11) is 4.71. The lowest BCUT2D eigenvalue weighted by Gasteiger charge is -2.27. The normalized spacial score (nSPS) is 10.5. The Morgan fingerprint density at radius 2 is 1.78 bits per heavy atom. The molecule has 0 saturated heterocycles. The van der Waals surface area contributed by atoms with E-state index in [1.807, 2.05) is 18.2 Å². The van der Waals surface area contributed by atoms with Gasteiger partial charge in [0.15, 0.2) is 11.5 Å². The van der Waals surface area contributed by atoms with Crippen LogP contribution < -0.4 is 14.8 Å². The number of benzene rings is 1. The third-order valence-corrected chi connectivity index (χ3v) is 5.48. The Hall–Kier alpha value is -3.73. The second kappa shape index (κ2) is 16.1. The van der Waals surface area contributed by atoms with Gasteiger partial charge in [0.25, 0.3) is 0 Å². The zero-order chi connectivity index (χ0) is 27.0. The summed E-state index contributed by atoms with van der Waals surface area (Å²) in [6.45, 7) is 2.77. The highest BCUT2D eigenvalue weighted by Crippen LogP contribution is 2.27. The Kier molecular flexibility index (Phi) is 12.8. The second-order valence-corrected chi connectivity index (χ2v) is 8.07. The van der Waals surface area contributed by atoms with Crippen LogP contribution in [-0.4, -0.2) is 88.4 Å². The zero-order valence-corrected chi connectivity index (χ0v) is 22.0. The molecule has 0 aliphatic heterocycles. The number of urea groups is 1. The van der Waals surface area contributed by atoms with Gasteiger partial charge in [-0.05, 0) is 49.6 Å². The van der Waals surface area contributed by atoms with Gasteiger partial charge in [0.05, 0.1) is 33.6 Å². The van der Waals surface area contributed by atoms with Gasteiger partial charge in [0.1, 0.15) is 18.8 Å². The molecule has 0 atom stereocenters. The minimum absolute atomic E-state index is 0.176. The van der Waals surface area contributed by atoms with E-state index in [1.165, 1.54) is 4.90 Å². The van der Waals surface area contributed by atoms with Gasteiger partial charge in [-0.15, -0.1) is 0 Å². The number of carbonyl (C=O) groups is 3. The van der Waals surface area contributed by atoms with Crippen LogP contribution in [0.15, 0.2) is 41.0 Å². The average Bonchev–Trinajstić information content (AvgIpc) is 3.42. The monoisotopic (exact) mass is 519 g/mol. The van der Waals surface area contributed by atoms with Crippen LogP contribution >= 0.6 is 0 Å². The minimum Gasteiger partial charge on any atom is -0.493 e. The van der Waals surface area contributed by atoms with E-state index in [4.69, 9.17) is 23.4 Å². The number of hydrogen-bond donors (Lipinski definition) is 1. The molecule has 11 nitrogen and oxygen atoms in total. The topological polar surface area (TPSA) is 120 Å². The van der Waals surface area contributed by atoms with Crippen LogP contribution in [0.2, 0.25) is 0 Å². The lowest BCUT2D eigenvalue weighted by molar-refractivity contribution is -0.141. The third kappa shape index (κ3) is 10.0. The Bertz CT molecular complexity index is 980. The minimum atomic E-state index is -0.548. The average molecular weight is 520 g/mol. The molecule has 1 aromatic heterocycles. The van der Waals surface area contributed by atoms with Crippen LogP contribution in [0.1, 0.15) is 24.7 Å². The molecule has 0 spiro atoms. The fourth-order valence-electron chi connectivity index (χ4n) is 3.57. The van der Waals surface area contributed by atoms with Crippen LogP contribution in [0.3, 0.4) is 0 Å². The smallest absolute Gasteiger partial charge is 0.325 e. The van der Waals surface area contributed by atoms with Crippen molar-refractivity contribution in [1.29, 1.82) is 0 Å².